The monoisotopic (exact) mass is 456 g/mol. The molecule has 0 fully saturated rings. The fourth-order valence-corrected chi connectivity index (χ4v) is 4.31. The molecule has 1 aromatic heterocycles. The van der Waals surface area contributed by atoms with Crippen molar-refractivity contribution in [3.8, 4) is 5.75 Å². The smallest absolute Gasteiger partial charge is 0.431 e. The maximum Gasteiger partial charge on any atom is 0.431 e. The number of fused-ring (bicyclic) bond motifs is 1. The number of H-pyrrole nitrogens is 1. The Balaban J connectivity index is 1.77. The number of rotatable bonds is 4. The zero-order valence-electron chi connectivity index (χ0n) is 18.2. The van der Waals surface area contributed by atoms with Gasteiger partial charge < -0.3 is 15.0 Å². The van der Waals surface area contributed by atoms with Gasteiger partial charge in [-0.1, -0.05) is 24.3 Å². The van der Waals surface area contributed by atoms with Gasteiger partial charge in [-0.25, -0.2) is 0 Å². The SMILES string of the molecule is C=CCc1cc(C(=O)NC2C3=C(CCC=C3C)Oc3cc(C)ccc32)c(=O)[nH]c1C(F)(F)F. The molecule has 1 aliphatic carbocycles. The van der Waals surface area contributed by atoms with Crippen molar-refractivity contribution in [2.45, 2.75) is 45.3 Å². The lowest BCUT2D eigenvalue weighted by molar-refractivity contribution is -0.141. The minimum Gasteiger partial charge on any atom is -0.461 e. The Morgan fingerprint density at radius 2 is 2.06 bits per heavy atom. The zero-order valence-corrected chi connectivity index (χ0v) is 18.2. The molecular formula is C25H23F3N2O3. The quantitative estimate of drug-likeness (QED) is 0.615. The first-order valence-electron chi connectivity index (χ1n) is 10.5. The second-order valence-electron chi connectivity index (χ2n) is 8.22. The molecule has 8 heteroatoms. The summed E-state index contributed by atoms with van der Waals surface area (Å²) in [5.41, 5.74) is 0.567. The van der Waals surface area contributed by atoms with E-state index in [9.17, 15) is 22.8 Å². The number of alkyl halides is 3. The topological polar surface area (TPSA) is 71.2 Å². The van der Waals surface area contributed by atoms with Crippen LogP contribution in [0.25, 0.3) is 0 Å². The van der Waals surface area contributed by atoms with Gasteiger partial charge in [0.1, 0.15) is 22.8 Å². The van der Waals surface area contributed by atoms with E-state index in [2.05, 4.69) is 11.9 Å². The normalized spacial score (nSPS) is 17.5. The third-order valence-corrected chi connectivity index (χ3v) is 5.84. The molecule has 33 heavy (non-hydrogen) atoms. The van der Waals surface area contributed by atoms with E-state index in [-0.39, 0.29) is 17.5 Å². The Kier molecular flexibility index (Phi) is 5.78. The van der Waals surface area contributed by atoms with Crippen LogP contribution in [-0.2, 0) is 12.6 Å². The molecule has 1 atom stereocenters. The summed E-state index contributed by atoms with van der Waals surface area (Å²) in [6.07, 6.45) is -0.106. The standard InChI is InChI=1S/C25H23F3N2O3/c1-4-6-15-12-17(24(32)30-22(15)25(26,27)28)23(31)29-21-16-10-9-13(2)11-19(16)33-18-8-5-7-14(3)20(18)21/h4,7,9-12,21H,1,5-6,8H2,2-3H3,(H,29,31)(H,30,32). The summed E-state index contributed by atoms with van der Waals surface area (Å²) in [7, 11) is 0. The average Bonchev–Trinajstić information content (AvgIpc) is 2.73. The number of aromatic nitrogens is 1. The molecule has 172 valence electrons. The van der Waals surface area contributed by atoms with Gasteiger partial charge in [0.05, 0.1) is 6.04 Å². The molecule has 2 heterocycles. The fraction of sp³-hybridized carbons (Fsp3) is 0.280. The first-order chi connectivity index (χ1) is 15.6. The highest BCUT2D eigenvalue weighted by atomic mass is 19.4. The van der Waals surface area contributed by atoms with Crippen LogP contribution in [0, 0.1) is 6.92 Å². The molecule has 1 amide bonds. The summed E-state index contributed by atoms with van der Waals surface area (Å²) in [4.78, 5) is 27.5. The van der Waals surface area contributed by atoms with E-state index in [4.69, 9.17) is 4.74 Å². The molecule has 1 aromatic carbocycles. The van der Waals surface area contributed by atoms with Gasteiger partial charge in [-0.05, 0) is 55.5 Å². The van der Waals surface area contributed by atoms with Crippen molar-refractivity contribution in [1.29, 1.82) is 0 Å². The summed E-state index contributed by atoms with van der Waals surface area (Å²) in [6.45, 7) is 7.32. The molecule has 0 saturated heterocycles. The van der Waals surface area contributed by atoms with Crippen LogP contribution in [0.3, 0.4) is 0 Å². The molecule has 4 rings (SSSR count). The molecule has 2 aliphatic rings. The highest BCUT2D eigenvalue weighted by Gasteiger charge is 2.37. The second-order valence-corrected chi connectivity index (χ2v) is 8.22. The fourth-order valence-electron chi connectivity index (χ4n) is 4.31. The molecule has 5 nitrogen and oxygen atoms in total. The van der Waals surface area contributed by atoms with Crippen LogP contribution in [0.2, 0.25) is 0 Å². The number of ether oxygens (including phenoxy) is 1. The second kappa shape index (κ2) is 8.42. The van der Waals surface area contributed by atoms with Gasteiger partial charge >= 0.3 is 6.18 Å². The van der Waals surface area contributed by atoms with Crippen molar-refractivity contribution in [1.82, 2.24) is 10.3 Å². The van der Waals surface area contributed by atoms with E-state index in [1.807, 2.05) is 43.1 Å². The van der Waals surface area contributed by atoms with E-state index in [1.54, 1.807) is 0 Å². The number of aryl methyl sites for hydroxylation is 1. The van der Waals surface area contributed by atoms with Crippen LogP contribution in [0.5, 0.6) is 5.75 Å². The van der Waals surface area contributed by atoms with Crippen molar-refractivity contribution < 1.29 is 22.7 Å². The summed E-state index contributed by atoms with van der Waals surface area (Å²) < 4.78 is 46.2. The number of amides is 1. The number of halogens is 3. The molecule has 2 aromatic rings. The Hall–Kier alpha value is -3.55. The van der Waals surface area contributed by atoms with Crippen molar-refractivity contribution in [2.24, 2.45) is 0 Å². The van der Waals surface area contributed by atoms with E-state index in [1.165, 1.54) is 6.08 Å². The van der Waals surface area contributed by atoms with Crippen LogP contribution < -0.4 is 15.6 Å². The molecule has 1 unspecified atom stereocenters. The van der Waals surface area contributed by atoms with E-state index in [0.29, 0.717) is 12.2 Å². The summed E-state index contributed by atoms with van der Waals surface area (Å²) >= 11 is 0. The molecule has 0 radical (unpaired) electrons. The van der Waals surface area contributed by atoms with Crippen LogP contribution in [0.1, 0.15) is 58.5 Å². The van der Waals surface area contributed by atoms with Gasteiger partial charge in [-0.3, -0.25) is 9.59 Å². The summed E-state index contributed by atoms with van der Waals surface area (Å²) in [5, 5.41) is 2.86. The molecule has 0 spiro atoms. The minimum atomic E-state index is -4.76. The van der Waals surface area contributed by atoms with Gasteiger partial charge in [0.25, 0.3) is 11.5 Å². The maximum atomic E-state index is 13.4. The van der Waals surface area contributed by atoms with Crippen molar-refractivity contribution >= 4 is 5.91 Å². The van der Waals surface area contributed by atoms with E-state index >= 15 is 0 Å². The maximum absolute atomic E-state index is 13.4. The first-order valence-corrected chi connectivity index (χ1v) is 10.5. The number of carbonyl (C=O) groups excluding carboxylic acids is 1. The van der Waals surface area contributed by atoms with Crippen LogP contribution in [-0.4, -0.2) is 10.9 Å². The molecule has 0 bridgehead atoms. The van der Waals surface area contributed by atoms with Crippen molar-refractivity contribution in [2.75, 3.05) is 0 Å². The number of allylic oxidation sites excluding steroid dienone is 3. The Labute approximate surface area is 188 Å². The van der Waals surface area contributed by atoms with Gasteiger partial charge in [0.15, 0.2) is 0 Å². The summed E-state index contributed by atoms with van der Waals surface area (Å²) in [5.74, 6) is 0.591. The largest absolute Gasteiger partial charge is 0.461 e. The predicted octanol–water partition coefficient (Wildman–Crippen LogP) is 5.29. The van der Waals surface area contributed by atoms with Gasteiger partial charge in [0.2, 0.25) is 0 Å². The van der Waals surface area contributed by atoms with E-state index in [0.717, 1.165) is 40.5 Å². The molecule has 2 N–H and O–H groups in total. The van der Waals surface area contributed by atoms with Crippen LogP contribution in [0.15, 0.2) is 64.7 Å². The Morgan fingerprint density at radius 1 is 1.30 bits per heavy atom. The van der Waals surface area contributed by atoms with Crippen molar-refractivity contribution in [3.05, 3.63) is 98.2 Å². The highest BCUT2D eigenvalue weighted by Crippen LogP contribution is 2.44. The zero-order chi connectivity index (χ0) is 23.9. The number of carbonyl (C=O) groups is 1. The van der Waals surface area contributed by atoms with Crippen molar-refractivity contribution in [3.63, 3.8) is 0 Å². The number of benzene rings is 1. The first kappa shape index (κ1) is 22.6. The molecular weight excluding hydrogens is 433 g/mol. The lowest BCUT2D eigenvalue weighted by Gasteiger charge is -2.34. The van der Waals surface area contributed by atoms with E-state index < -0.39 is 29.4 Å². The number of aromatic amines is 1. The highest BCUT2D eigenvalue weighted by molar-refractivity contribution is 5.94. The predicted molar refractivity (Wildman–Crippen MR) is 118 cm³/mol. The number of hydrogen-bond donors (Lipinski definition) is 2. The van der Waals surface area contributed by atoms with Gasteiger partial charge in [-0.15, -0.1) is 6.58 Å². The Bertz CT molecular complexity index is 1270. The Morgan fingerprint density at radius 3 is 2.76 bits per heavy atom. The molecule has 1 aliphatic heterocycles. The van der Waals surface area contributed by atoms with Crippen LogP contribution >= 0.6 is 0 Å². The van der Waals surface area contributed by atoms with Gasteiger partial charge in [-0.2, -0.15) is 13.2 Å². The minimum absolute atomic E-state index is 0.150. The number of nitrogens with one attached hydrogen (secondary N) is 2. The third kappa shape index (κ3) is 4.25. The summed E-state index contributed by atoms with van der Waals surface area (Å²) in [6, 6.07) is 6.01. The number of hydrogen-bond acceptors (Lipinski definition) is 3. The van der Waals surface area contributed by atoms with Crippen LogP contribution in [0.4, 0.5) is 13.2 Å². The number of pyridine rings is 1. The average molecular weight is 456 g/mol. The lowest BCUT2D eigenvalue weighted by atomic mass is 9.85. The molecule has 0 saturated carbocycles. The lowest BCUT2D eigenvalue weighted by Crippen LogP contribution is -2.37. The third-order valence-electron chi connectivity index (χ3n) is 5.84. The van der Waals surface area contributed by atoms with Gasteiger partial charge in [0, 0.05) is 17.6 Å².